The van der Waals surface area contributed by atoms with Gasteiger partial charge in [-0.15, -0.1) is 0 Å². The molecule has 0 saturated heterocycles. The molecule has 1 heterocycles. The van der Waals surface area contributed by atoms with E-state index in [0.717, 1.165) is 24.3 Å². The first-order valence-corrected chi connectivity index (χ1v) is 14.2. The molecular formula is C38H29NO. The molecule has 0 spiro atoms. The fourth-order valence-corrected chi connectivity index (χ4v) is 6.55. The zero-order valence-electron chi connectivity index (χ0n) is 22.2. The number of rotatable bonds is 4. The highest BCUT2D eigenvalue weighted by atomic mass is 16.5. The van der Waals surface area contributed by atoms with Gasteiger partial charge in [-0.25, -0.2) is 0 Å². The number of benzene rings is 5. The van der Waals surface area contributed by atoms with Crippen molar-refractivity contribution in [1.82, 2.24) is 0 Å². The zero-order valence-corrected chi connectivity index (χ0v) is 22.2. The molecule has 0 radical (unpaired) electrons. The molecule has 0 saturated carbocycles. The van der Waals surface area contributed by atoms with Crippen molar-refractivity contribution in [3.8, 4) is 16.9 Å². The second-order valence-electron chi connectivity index (χ2n) is 10.8. The van der Waals surface area contributed by atoms with E-state index in [1.165, 1.54) is 50.0 Å². The molecule has 3 aliphatic rings. The summed E-state index contributed by atoms with van der Waals surface area (Å²) in [6.45, 7) is 0. The van der Waals surface area contributed by atoms with E-state index in [0.29, 0.717) is 0 Å². The maximum Gasteiger partial charge on any atom is 0.128 e. The Morgan fingerprint density at radius 1 is 0.700 bits per heavy atom. The van der Waals surface area contributed by atoms with Crippen molar-refractivity contribution in [2.75, 3.05) is 4.90 Å². The molecule has 2 aliphatic carbocycles. The Bertz CT molecular complexity index is 1830. The van der Waals surface area contributed by atoms with E-state index < -0.39 is 0 Å². The quantitative estimate of drug-likeness (QED) is 0.236. The number of aryl methyl sites for hydroxylation is 1. The second-order valence-corrected chi connectivity index (χ2v) is 10.8. The Morgan fingerprint density at radius 3 is 2.33 bits per heavy atom. The molecule has 40 heavy (non-hydrogen) atoms. The van der Waals surface area contributed by atoms with Crippen LogP contribution >= 0.6 is 0 Å². The highest BCUT2D eigenvalue weighted by molar-refractivity contribution is 6.01. The topological polar surface area (TPSA) is 12.5 Å². The fourth-order valence-electron chi connectivity index (χ4n) is 6.55. The summed E-state index contributed by atoms with van der Waals surface area (Å²) in [4.78, 5) is 2.38. The standard InChI is InChI=1S/C38H29NO/c1-3-12-27(13-4-1)34-25-37-38(33-18-10-9-17-32(33)34)35-24-31(21-22-36(35)40-37)39(29-15-5-2-6-16-29)30-20-19-26-11-7-8-14-28(26)23-30/h1-6,8-10,12-25,35-36H,7,11H2. The van der Waals surface area contributed by atoms with E-state index in [9.17, 15) is 0 Å². The van der Waals surface area contributed by atoms with Crippen LogP contribution in [-0.2, 0) is 6.42 Å². The third-order valence-corrected chi connectivity index (χ3v) is 8.43. The van der Waals surface area contributed by atoms with Crippen LogP contribution in [0.2, 0.25) is 0 Å². The summed E-state index contributed by atoms with van der Waals surface area (Å²) in [5.74, 6) is 1.12. The molecule has 0 amide bonds. The number of fused-ring (bicyclic) bond motifs is 6. The van der Waals surface area contributed by atoms with E-state index in [2.05, 4.69) is 144 Å². The van der Waals surface area contributed by atoms with Gasteiger partial charge in [0.25, 0.3) is 0 Å². The zero-order chi connectivity index (χ0) is 26.5. The minimum absolute atomic E-state index is 0.0164. The number of hydrogen-bond acceptors (Lipinski definition) is 2. The Kier molecular flexibility index (Phi) is 5.44. The van der Waals surface area contributed by atoms with Crippen LogP contribution in [0.25, 0.3) is 28.0 Å². The van der Waals surface area contributed by atoms with Gasteiger partial charge in [-0.05, 0) is 94.4 Å². The van der Waals surface area contributed by atoms with Gasteiger partial charge in [0.15, 0.2) is 0 Å². The molecular weight excluding hydrogens is 486 g/mol. The third-order valence-electron chi connectivity index (χ3n) is 8.43. The Morgan fingerprint density at radius 2 is 1.48 bits per heavy atom. The van der Waals surface area contributed by atoms with Gasteiger partial charge >= 0.3 is 0 Å². The van der Waals surface area contributed by atoms with Crippen molar-refractivity contribution >= 4 is 28.2 Å². The van der Waals surface area contributed by atoms with Crippen LogP contribution in [0, 0.1) is 0 Å². The van der Waals surface area contributed by atoms with Crippen molar-refractivity contribution in [1.29, 1.82) is 0 Å². The van der Waals surface area contributed by atoms with Gasteiger partial charge in [0.2, 0.25) is 0 Å². The Hall–Kier alpha value is -4.82. The number of ether oxygens (including phenoxy) is 1. The summed E-state index contributed by atoms with van der Waals surface area (Å²) in [6, 6.07) is 39.2. The lowest BCUT2D eigenvalue weighted by atomic mass is 9.85. The molecule has 5 aromatic rings. The molecule has 2 atom stereocenters. The van der Waals surface area contributed by atoms with E-state index >= 15 is 0 Å². The summed E-state index contributed by atoms with van der Waals surface area (Å²) < 4.78 is 6.64. The maximum atomic E-state index is 6.64. The average molecular weight is 516 g/mol. The lowest BCUT2D eigenvalue weighted by Crippen LogP contribution is -2.23. The molecule has 2 unspecified atom stereocenters. The van der Waals surface area contributed by atoms with Gasteiger partial charge in [-0.2, -0.15) is 0 Å². The molecule has 0 bridgehead atoms. The van der Waals surface area contributed by atoms with Crippen molar-refractivity contribution in [3.05, 3.63) is 156 Å². The van der Waals surface area contributed by atoms with Gasteiger partial charge in [-0.3, -0.25) is 0 Å². The Balaban J connectivity index is 1.28. The average Bonchev–Trinajstić information content (AvgIpc) is 3.40. The lowest BCUT2D eigenvalue weighted by Gasteiger charge is -2.30. The van der Waals surface area contributed by atoms with Crippen molar-refractivity contribution in [3.63, 3.8) is 0 Å². The molecule has 2 nitrogen and oxygen atoms in total. The van der Waals surface area contributed by atoms with Crippen LogP contribution in [0.5, 0.6) is 5.75 Å². The van der Waals surface area contributed by atoms with E-state index in [4.69, 9.17) is 4.74 Å². The molecule has 8 rings (SSSR count). The van der Waals surface area contributed by atoms with Crippen LogP contribution in [-0.4, -0.2) is 6.10 Å². The van der Waals surface area contributed by atoms with E-state index in [1.54, 1.807) is 0 Å². The highest BCUT2D eigenvalue weighted by Crippen LogP contribution is 2.49. The van der Waals surface area contributed by atoms with Crippen LogP contribution < -0.4 is 9.64 Å². The molecule has 5 aromatic carbocycles. The second kappa shape index (κ2) is 9.43. The first kappa shape index (κ1) is 23.1. The smallest absolute Gasteiger partial charge is 0.128 e. The lowest BCUT2D eigenvalue weighted by molar-refractivity contribution is 0.268. The van der Waals surface area contributed by atoms with Gasteiger partial charge in [0.05, 0.1) is 0 Å². The maximum absolute atomic E-state index is 6.64. The molecule has 1 aliphatic heterocycles. The van der Waals surface area contributed by atoms with Gasteiger partial charge in [-0.1, -0.05) is 91.0 Å². The SMILES string of the molecule is C1=Cc2cc(N(C3=CC4c5c(cc(-c6ccccc6)c6ccccc56)OC4C=C3)c3ccccc3)ccc2CC1. The van der Waals surface area contributed by atoms with Crippen LogP contribution in [0.4, 0.5) is 11.4 Å². The van der Waals surface area contributed by atoms with Crippen LogP contribution in [0.15, 0.2) is 139 Å². The molecule has 0 fully saturated rings. The highest BCUT2D eigenvalue weighted by Gasteiger charge is 2.36. The number of nitrogens with zero attached hydrogens (tertiary/aromatic N) is 1. The molecule has 2 heteroatoms. The number of para-hydroxylation sites is 1. The van der Waals surface area contributed by atoms with Crippen LogP contribution in [0.1, 0.15) is 29.0 Å². The van der Waals surface area contributed by atoms with Gasteiger partial charge < -0.3 is 9.64 Å². The summed E-state index contributed by atoms with van der Waals surface area (Å²) in [5, 5.41) is 2.53. The fraction of sp³-hybridized carbons (Fsp3) is 0.105. The number of anilines is 2. The first-order chi connectivity index (χ1) is 19.8. The minimum atomic E-state index is -0.0164. The van der Waals surface area contributed by atoms with Crippen molar-refractivity contribution in [2.24, 2.45) is 0 Å². The largest absolute Gasteiger partial charge is 0.485 e. The summed E-state index contributed by atoms with van der Waals surface area (Å²) in [7, 11) is 0. The first-order valence-electron chi connectivity index (χ1n) is 14.2. The number of hydrogen-bond donors (Lipinski definition) is 0. The normalized spacial score (nSPS) is 18.4. The monoisotopic (exact) mass is 515 g/mol. The van der Waals surface area contributed by atoms with Crippen molar-refractivity contribution < 1.29 is 4.74 Å². The summed E-state index contributed by atoms with van der Waals surface area (Å²) >= 11 is 0. The molecule has 192 valence electrons. The molecule has 0 aromatic heterocycles. The van der Waals surface area contributed by atoms with Gasteiger partial charge in [0, 0.05) is 28.6 Å². The van der Waals surface area contributed by atoms with E-state index in [1.807, 2.05) is 0 Å². The third kappa shape index (κ3) is 3.79. The summed E-state index contributed by atoms with van der Waals surface area (Å²) in [6.07, 6.45) is 13.6. The number of allylic oxidation sites excluding steroid dienone is 2. The van der Waals surface area contributed by atoms with Crippen LogP contribution in [0.3, 0.4) is 0 Å². The van der Waals surface area contributed by atoms with Gasteiger partial charge in [0.1, 0.15) is 11.9 Å². The molecule has 0 N–H and O–H groups in total. The summed E-state index contributed by atoms with van der Waals surface area (Å²) in [5.41, 5.74) is 9.94. The van der Waals surface area contributed by atoms with Crippen molar-refractivity contribution in [2.45, 2.75) is 24.9 Å². The predicted molar refractivity (Wildman–Crippen MR) is 166 cm³/mol. The Labute approximate surface area is 235 Å². The minimum Gasteiger partial charge on any atom is -0.485 e. The van der Waals surface area contributed by atoms with E-state index in [-0.39, 0.29) is 12.0 Å². The predicted octanol–water partition coefficient (Wildman–Crippen LogP) is 9.60.